The Morgan fingerprint density at radius 1 is 1.63 bits per heavy atom. The summed E-state index contributed by atoms with van der Waals surface area (Å²) in [4.78, 5) is 15.9. The number of amides is 1. The first-order valence-corrected chi connectivity index (χ1v) is 6.62. The van der Waals surface area contributed by atoms with Gasteiger partial charge in [-0.3, -0.25) is 4.79 Å². The van der Waals surface area contributed by atoms with E-state index < -0.39 is 0 Å². The Kier molecular flexibility index (Phi) is 4.27. The molecule has 5 nitrogen and oxygen atoms in total. The molecule has 1 aromatic heterocycles. The number of carbonyl (C=O) groups excluding carboxylic acids is 1. The lowest BCUT2D eigenvalue weighted by Crippen LogP contribution is -2.31. The molecule has 0 unspecified atom stereocenters. The second kappa shape index (κ2) is 5.75. The zero-order chi connectivity index (χ0) is 13.9. The summed E-state index contributed by atoms with van der Waals surface area (Å²) in [6, 6.07) is 1.49. The van der Waals surface area contributed by atoms with Crippen LogP contribution in [0.4, 0.5) is 5.69 Å². The first-order chi connectivity index (χ1) is 9.06. The zero-order valence-corrected chi connectivity index (χ0v) is 11.7. The van der Waals surface area contributed by atoms with Crippen LogP contribution in [0.1, 0.15) is 29.6 Å². The molecule has 1 amide bonds. The third kappa shape index (κ3) is 3.58. The number of hydrogen-bond donors (Lipinski definition) is 2. The smallest absolute Gasteiger partial charge is 0.253 e. The van der Waals surface area contributed by atoms with Gasteiger partial charge in [-0.15, -0.1) is 0 Å². The number of nitrogens with zero attached hydrogens (tertiary/aromatic N) is 1. The van der Waals surface area contributed by atoms with Crippen molar-refractivity contribution in [3.05, 3.63) is 23.0 Å². The molecule has 0 aromatic carbocycles. The molecule has 1 fully saturated rings. The van der Waals surface area contributed by atoms with E-state index in [1.165, 1.54) is 12.3 Å². The summed E-state index contributed by atoms with van der Waals surface area (Å²) < 4.78 is 5.09. The van der Waals surface area contributed by atoms with Gasteiger partial charge in [-0.25, -0.2) is 4.98 Å². The van der Waals surface area contributed by atoms with Gasteiger partial charge in [0.2, 0.25) is 0 Å². The average Bonchev–Trinajstić information content (AvgIpc) is 3.17. The monoisotopic (exact) mass is 283 g/mol. The van der Waals surface area contributed by atoms with Gasteiger partial charge in [-0.1, -0.05) is 11.6 Å². The highest BCUT2D eigenvalue weighted by Crippen LogP contribution is 2.48. The lowest BCUT2D eigenvalue weighted by molar-refractivity contribution is 0.0938. The Labute approximate surface area is 117 Å². The van der Waals surface area contributed by atoms with Crippen LogP contribution in [0.2, 0.25) is 5.15 Å². The molecule has 0 spiro atoms. The van der Waals surface area contributed by atoms with Crippen molar-refractivity contribution >= 4 is 23.2 Å². The van der Waals surface area contributed by atoms with Gasteiger partial charge >= 0.3 is 0 Å². The van der Waals surface area contributed by atoms with Gasteiger partial charge in [0.15, 0.2) is 0 Å². The van der Waals surface area contributed by atoms with Crippen molar-refractivity contribution in [1.82, 2.24) is 10.3 Å². The van der Waals surface area contributed by atoms with E-state index >= 15 is 0 Å². The Morgan fingerprint density at radius 3 is 3.00 bits per heavy atom. The molecule has 2 rings (SSSR count). The molecule has 0 saturated heterocycles. The molecule has 6 heteroatoms. The van der Waals surface area contributed by atoms with E-state index in [2.05, 4.69) is 10.3 Å². The Bertz CT molecular complexity index is 475. The van der Waals surface area contributed by atoms with E-state index in [0.29, 0.717) is 17.8 Å². The van der Waals surface area contributed by atoms with Crippen LogP contribution in [0.25, 0.3) is 0 Å². The van der Waals surface area contributed by atoms with E-state index in [0.717, 1.165) is 25.9 Å². The van der Waals surface area contributed by atoms with Crippen LogP contribution >= 0.6 is 11.6 Å². The number of nitrogens with two attached hydrogens (primary N) is 1. The van der Waals surface area contributed by atoms with Gasteiger partial charge in [0.25, 0.3) is 5.91 Å². The number of hydrogen-bond acceptors (Lipinski definition) is 4. The van der Waals surface area contributed by atoms with Crippen molar-refractivity contribution in [2.24, 2.45) is 5.41 Å². The van der Waals surface area contributed by atoms with E-state index in [9.17, 15) is 4.79 Å². The van der Waals surface area contributed by atoms with Crippen molar-refractivity contribution in [1.29, 1.82) is 0 Å². The van der Waals surface area contributed by atoms with Crippen molar-refractivity contribution in [3.63, 3.8) is 0 Å². The summed E-state index contributed by atoms with van der Waals surface area (Å²) in [5.41, 5.74) is 6.64. The standard InChI is InChI=1S/C13H18ClN3O2/c1-19-5-4-13(2-3-13)8-17-12(18)9-6-11(14)16-7-10(9)15/h6-7H,2-5,8,15H2,1H3,(H,17,18). The van der Waals surface area contributed by atoms with E-state index in [1.807, 2.05) is 0 Å². The summed E-state index contributed by atoms with van der Waals surface area (Å²) in [5, 5.41) is 3.18. The summed E-state index contributed by atoms with van der Waals surface area (Å²) >= 11 is 5.77. The first-order valence-electron chi connectivity index (χ1n) is 6.24. The second-order valence-corrected chi connectivity index (χ2v) is 5.41. The van der Waals surface area contributed by atoms with Crippen LogP contribution in [0.5, 0.6) is 0 Å². The summed E-state index contributed by atoms with van der Waals surface area (Å²) in [6.07, 6.45) is 4.62. The number of nitrogens with one attached hydrogen (secondary N) is 1. The molecule has 1 aliphatic rings. The number of carbonyl (C=O) groups is 1. The number of anilines is 1. The molecule has 0 radical (unpaired) electrons. The van der Waals surface area contributed by atoms with Gasteiger partial charge in [0.1, 0.15) is 5.15 Å². The number of ether oxygens (including phenoxy) is 1. The Balaban J connectivity index is 1.93. The van der Waals surface area contributed by atoms with Gasteiger partial charge in [0, 0.05) is 20.3 Å². The number of nitrogen functional groups attached to an aromatic ring is 1. The van der Waals surface area contributed by atoms with Crippen molar-refractivity contribution < 1.29 is 9.53 Å². The van der Waals surface area contributed by atoms with E-state index in [1.54, 1.807) is 7.11 Å². The molecule has 0 atom stereocenters. The average molecular weight is 284 g/mol. The molecule has 0 bridgehead atoms. The fourth-order valence-electron chi connectivity index (χ4n) is 2.01. The van der Waals surface area contributed by atoms with Crippen LogP contribution in [-0.2, 0) is 4.74 Å². The number of aromatic nitrogens is 1. The van der Waals surface area contributed by atoms with Crippen LogP contribution < -0.4 is 11.1 Å². The molecule has 1 aromatic rings. The molecular weight excluding hydrogens is 266 g/mol. The lowest BCUT2D eigenvalue weighted by atomic mass is 10.0. The van der Waals surface area contributed by atoms with E-state index in [4.69, 9.17) is 22.1 Å². The number of halogens is 1. The van der Waals surface area contributed by atoms with Gasteiger partial charge in [-0.05, 0) is 30.7 Å². The maximum atomic E-state index is 12.1. The number of methoxy groups -OCH3 is 1. The van der Waals surface area contributed by atoms with Gasteiger partial charge < -0.3 is 15.8 Å². The maximum Gasteiger partial charge on any atom is 0.253 e. The number of rotatable bonds is 6. The molecule has 3 N–H and O–H groups in total. The van der Waals surface area contributed by atoms with E-state index in [-0.39, 0.29) is 16.5 Å². The van der Waals surface area contributed by atoms with Gasteiger partial charge in [0.05, 0.1) is 17.4 Å². The zero-order valence-electron chi connectivity index (χ0n) is 10.9. The highest BCUT2D eigenvalue weighted by atomic mass is 35.5. The minimum Gasteiger partial charge on any atom is -0.397 e. The lowest BCUT2D eigenvalue weighted by Gasteiger charge is -2.16. The fourth-order valence-corrected chi connectivity index (χ4v) is 2.17. The fraction of sp³-hybridized carbons (Fsp3) is 0.538. The molecular formula is C13H18ClN3O2. The largest absolute Gasteiger partial charge is 0.397 e. The molecule has 1 heterocycles. The molecule has 19 heavy (non-hydrogen) atoms. The predicted molar refractivity (Wildman–Crippen MR) is 74.2 cm³/mol. The summed E-state index contributed by atoms with van der Waals surface area (Å²) in [5.74, 6) is -0.203. The minimum atomic E-state index is -0.203. The van der Waals surface area contributed by atoms with Crippen molar-refractivity contribution in [2.75, 3.05) is 26.0 Å². The van der Waals surface area contributed by atoms with Crippen molar-refractivity contribution in [2.45, 2.75) is 19.3 Å². The highest BCUT2D eigenvalue weighted by Gasteiger charge is 2.42. The predicted octanol–water partition coefficient (Wildman–Crippen LogP) is 1.86. The molecule has 0 aliphatic heterocycles. The normalized spacial score (nSPS) is 16.1. The van der Waals surface area contributed by atoms with Crippen LogP contribution in [-0.4, -0.2) is 31.2 Å². The minimum absolute atomic E-state index is 0.203. The SMILES string of the molecule is COCCC1(CNC(=O)c2cc(Cl)ncc2N)CC1. The van der Waals surface area contributed by atoms with Gasteiger partial charge in [-0.2, -0.15) is 0 Å². The third-order valence-corrected chi connectivity index (χ3v) is 3.77. The quantitative estimate of drug-likeness (QED) is 0.781. The first kappa shape index (κ1) is 14.1. The summed E-state index contributed by atoms with van der Waals surface area (Å²) in [7, 11) is 1.69. The highest BCUT2D eigenvalue weighted by molar-refractivity contribution is 6.29. The third-order valence-electron chi connectivity index (χ3n) is 3.56. The Morgan fingerprint density at radius 2 is 2.37 bits per heavy atom. The maximum absolute atomic E-state index is 12.1. The number of pyridine rings is 1. The molecule has 1 saturated carbocycles. The second-order valence-electron chi connectivity index (χ2n) is 5.02. The van der Waals surface area contributed by atoms with Crippen LogP contribution in [0.3, 0.4) is 0 Å². The van der Waals surface area contributed by atoms with Crippen LogP contribution in [0.15, 0.2) is 12.3 Å². The van der Waals surface area contributed by atoms with Crippen LogP contribution in [0, 0.1) is 5.41 Å². The Hall–Kier alpha value is -1.33. The summed E-state index contributed by atoms with van der Waals surface area (Å²) in [6.45, 7) is 1.37. The van der Waals surface area contributed by atoms with Crippen molar-refractivity contribution in [3.8, 4) is 0 Å². The topological polar surface area (TPSA) is 77.2 Å². The molecule has 104 valence electrons. The molecule has 1 aliphatic carbocycles.